The largest absolute Gasteiger partial charge is 0.332 e. The van der Waals surface area contributed by atoms with Crippen LogP contribution in [0.2, 0.25) is 0 Å². The normalized spacial score (nSPS) is 12.2. The molecule has 0 amide bonds. The average molecular weight is 221 g/mol. The van der Waals surface area contributed by atoms with Crippen LogP contribution in [0.5, 0.6) is 0 Å². The molecule has 0 aliphatic carbocycles. The molecule has 1 heteroatoms. The Hall–Kier alpha value is -0.980. The molecule has 0 aromatic heterocycles. The van der Waals surface area contributed by atoms with Crippen molar-refractivity contribution in [3.8, 4) is 0 Å². The summed E-state index contributed by atoms with van der Waals surface area (Å²) in [5, 5.41) is 0. The highest BCUT2D eigenvalue weighted by Crippen LogP contribution is 2.01. The van der Waals surface area contributed by atoms with Crippen LogP contribution in [0.25, 0.3) is 0 Å². The van der Waals surface area contributed by atoms with Gasteiger partial charge in [-0.1, -0.05) is 58.3 Å². The van der Waals surface area contributed by atoms with Crippen molar-refractivity contribution in [2.45, 2.75) is 59.3 Å². The van der Waals surface area contributed by atoms with Crippen LogP contribution in [-0.2, 0) is 0 Å². The van der Waals surface area contributed by atoms with E-state index in [0.29, 0.717) is 0 Å². The minimum Gasteiger partial charge on any atom is -0.332 e. The molecule has 0 unspecified atom stereocenters. The molecule has 0 aromatic carbocycles. The van der Waals surface area contributed by atoms with Gasteiger partial charge < -0.3 is 4.90 Å². The quantitative estimate of drug-likeness (QED) is 0.515. The molecule has 16 heavy (non-hydrogen) atoms. The fourth-order valence-corrected chi connectivity index (χ4v) is 1.24. The third-order valence-electron chi connectivity index (χ3n) is 2.20. The van der Waals surface area contributed by atoms with Gasteiger partial charge in [0.15, 0.2) is 0 Å². The summed E-state index contributed by atoms with van der Waals surface area (Å²) < 4.78 is 0. The van der Waals surface area contributed by atoms with Crippen molar-refractivity contribution in [2.75, 3.05) is 0 Å². The molecule has 0 saturated heterocycles. The van der Waals surface area contributed by atoms with Gasteiger partial charge in [0.05, 0.1) is 0 Å². The maximum absolute atomic E-state index is 2.23. The highest BCUT2D eigenvalue weighted by Gasteiger charge is 1.86. The van der Waals surface area contributed by atoms with E-state index in [2.05, 4.69) is 62.5 Å². The molecule has 0 aliphatic rings. The maximum Gasteiger partial charge on any atom is 0.00417 e. The molecule has 0 bridgehead atoms. The second-order valence-electron chi connectivity index (χ2n) is 3.97. The number of hydrogen-bond acceptors (Lipinski definition) is 1. The van der Waals surface area contributed by atoms with Crippen LogP contribution in [-0.4, -0.2) is 4.90 Å². The number of hydrogen-bond donors (Lipinski definition) is 0. The average Bonchev–Trinajstić information content (AvgIpc) is 2.29. The van der Waals surface area contributed by atoms with E-state index in [9.17, 15) is 0 Å². The first-order chi connectivity index (χ1) is 7.85. The zero-order valence-corrected chi connectivity index (χ0v) is 11.2. The van der Waals surface area contributed by atoms with E-state index in [1.54, 1.807) is 0 Å². The van der Waals surface area contributed by atoms with E-state index in [-0.39, 0.29) is 0 Å². The summed E-state index contributed by atoms with van der Waals surface area (Å²) in [5.41, 5.74) is 0. The van der Waals surface area contributed by atoms with Gasteiger partial charge >= 0.3 is 0 Å². The number of nitrogens with zero attached hydrogens (tertiary/aromatic N) is 1. The monoisotopic (exact) mass is 221 g/mol. The molecule has 0 rings (SSSR count). The number of unbranched alkanes of at least 4 members (excludes halogenated alkanes) is 3. The third kappa shape index (κ3) is 9.57. The molecule has 0 aliphatic heterocycles. The molecular formula is C15H27N. The number of allylic oxidation sites excluding steroid dienone is 3. The Balaban J connectivity index is 4.14. The van der Waals surface area contributed by atoms with Crippen molar-refractivity contribution in [3.63, 3.8) is 0 Å². The molecule has 0 fully saturated rings. The first-order valence-electron chi connectivity index (χ1n) is 6.62. The van der Waals surface area contributed by atoms with Crippen molar-refractivity contribution in [3.05, 3.63) is 36.8 Å². The summed E-state index contributed by atoms with van der Waals surface area (Å²) >= 11 is 0. The van der Waals surface area contributed by atoms with Crippen LogP contribution >= 0.6 is 0 Å². The minimum atomic E-state index is 1.15. The zero-order chi connectivity index (χ0) is 12.1. The van der Waals surface area contributed by atoms with Crippen LogP contribution < -0.4 is 0 Å². The van der Waals surface area contributed by atoms with Crippen LogP contribution in [0.15, 0.2) is 36.8 Å². The predicted octanol–water partition coefficient (Wildman–Crippen LogP) is 5.23. The summed E-state index contributed by atoms with van der Waals surface area (Å²) in [4.78, 5) is 2.15. The van der Waals surface area contributed by atoms with Crippen LogP contribution in [0, 0.1) is 0 Å². The molecule has 1 nitrogen and oxygen atoms in total. The molecule has 0 spiro atoms. The molecule has 0 atom stereocenters. The molecule has 0 aromatic rings. The Labute approximate surface area is 102 Å². The summed E-state index contributed by atoms with van der Waals surface area (Å²) in [5.74, 6) is 0. The lowest BCUT2D eigenvalue weighted by atomic mass is 10.3. The highest BCUT2D eigenvalue weighted by atomic mass is 15.1. The fraction of sp³-hybridized carbons (Fsp3) is 0.600. The summed E-state index contributed by atoms with van der Waals surface area (Å²) in [6, 6.07) is 0. The van der Waals surface area contributed by atoms with Crippen LogP contribution in [0.3, 0.4) is 0 Å². The van der Waals surface area contributed by atoms with Gasteiger partial charge in [0.2, 0.25) is 0 Å². The number of rotatable bonds is 9. The smallest absolute Gasteiger partial charge is 0.00417 e. The SMILES string of the molecule is CCCC=CN(C=CCCC)C=CCCC. The van der Waals surface area contributed by atoms with Gasteiger partial charge in [0, 0.05) is 18.6 Å². The van der Waals surface area contributed by atoms with Crippen molar-refractivity contribution in [1.82, 2.24) is 4.90 Å². The first kappa shape index (κ1) is 15.0. The van der Waals surface area contributed by atoms with E-state index in [4.69, 9.17) is 0 Å². The Morgan fingerprint density at radius 2 is 0.938 bits per heavy atom. The molecular weight excluding hydrogens is 194 g/mol. The van der Waals surface area contributed by atoms with Gasteiger partial charge in [-0.05, 0) is 19.3 Å². The van der Waals surface area contributed by atoms with Gasteiger partial charge in [0.25, 0.3) is 0 Å². The zero-order valence-electron chi connectivity index (χ0n) is 11.2. The fourth-order valence-electron chi connectivity index (χ4n) is 1.24. The van der Waals surface area contributed by atoms with E-state index in [1.165, 1.54) is 19.3 Å². The summed E-state index contributed by atoms with van der Waals surface area (Å²) in [6.07, 6.45) is 20.2. The Kier molecular flexibility index (Phi) is 11.4. The molecule has 0 N–H and O–H groups in total. The van der Waals surface area contributed by atoms with Gasteiger partial charge in [-0.2, -0.15) is 0 Å². The molecule has 0 heterocycles. The molecule has 92 valence electrons. The van der Waals surface area contributed by atoms with Gasteiger partial charge in [-0.25, -0.2) is 0 Å². The lowest BCUT2D eigenvalue weighted by Gasteiger charge is -2.09. The minimum absolute atomic E-state index is 1.15. The van der Waals surface area contributed by atoms with Crippen LogP contribution in [0.1, 0.15) is 59.3 Å². The lowest BCUT2D eigenvalue weighted by molar-refractivity contribution is 0.674. The van der Waals surface area contributed by atoms with E-state index in [0.717, 1.165) is 19.3 Å². The van der Waals surface area contributed by atoms with Crippen molar-refractivity contribution in [1.29, 1.82) is 0 Å². The van der Waals surface area contributed by atoms with Crippen molar-refractivity contribution in [2.24, 2.45) is 0 Å². The van der Waals surface area contributed by atoms with Gasteiger partial charge in [-0.3, -0.25) is 0 Å². The van der Waals surface area contributed by atoms with E-state index >= 15 is 0 Å². The Morgan fingerprint density at radius 3 is 1.19 bits per heavy atom. The topological polar surface area (TPSA) is 3.24 Å². The second-order valence-corrected chi connectivity index (χ2v) is 3.97. The Morgan fingerprint density at radius 1 is 0.625 bits per heavy atom. The highest BCUT2D eigenvalue weighted by molar-refractivity contribution is 4.99. The van der Waals surface area contributed by atoms with Gasteiger partial charge in [-0.15, -0.1) is 0 Å². The maximum atomic E-state index is 2.23. The van der Waals surface area contributed by atoms with Crippen molar-refractivity contribution < 1.29 is 0 Å². The Bertz CT molecular complexity index is 175. The predicted molar refractivity (Wildman–Crippen MR) is 74.0 cm³/mol. The van der Waals surface area contributed by atoms with Crippen molar-refractivity contribution >= 4 is 0 Å². The van der Waals surface area contributed by atoms with Gasteiger partial charge in [0.1, 0.15) is 0 Å². The van der Waals surface area contributed by atoms with E-state index in [1.807, 2.05) is 0 Å². The third-order valence-corrected chi connectivity index (χ3v) is 2.20. The molecule has 0 radical (unpaired) electrons. The standard InChI is InChI=1S/C15H27N/c1-4-7-10-13-16(14-11-8-5-2)15-12-9-6-3/h10-15H,4-9H2,1-3H3. The second kappa shape index (κ2) is 12.1. The summed E-state index contributed by atoms with van der Waals surface area (Å²) in [7, 11) is 0. The first-order valence-corrected chi connectivity index (χ1v) is 6.62. The van der Waals surface area contributed by atoms with E-state index < -0.39 is 0 Å². The lowest BCUT2D eigenvalue weighted by Crippen LogP contribution is -1.98. The van der Waals surface area contributed by atoms with Crippen LogP contribution in [0.4, 0.5) is 0 Å². The summed E-state index contributed by atoms with van der Waals surface area (Å²) in [6.45, 7) is 6.61. The molecule has 0 saturated carbocycles.